The summed E-state index contributed by atoms with van der Waals surface area (Å²) in [7, 11) is 1.13. The second-order valence-electron chi connectivity index (χ2n) is 2.67. The molecule has 6 heteroatoms. The number of nitrogens with two attached hydrogens (primary N) is 1. The fourth-order valence-electron chi connectivity index (χ4n) is 0.791. The number of nitrogens with one attached hydrogen (secondary N) is 1. The number of unbranched alkanes of at least 4 members (excludes halogenated alkanes) is 1. The third-order valence-corrected chi connectivity index (χ3v) is 1.51. The Labute approximate surface area is 81.8 Å². The topological polar surface area (TPSA) is 98.5 Å². The number of carbonyl (C=O) groups is 3. The van der Waals surface area contributed by atoms with Gasteiger partial charge in [-0.1, -0.05) is 0 Å². The molecule has 6 nitrogen and oxygen atoms in total. The first-order valence-electron chi connectivity index (χ1n) is 4.22. The molecule has 0 fully saturated rings. The zero-order valence-electron chi connectivity index (χ0n) is 8.04. The van der Waals surface area contributed by atoms with Gasteiger partial charge in [-0.2, -0.15) is 0 Å². The number of esters is 1. The molecular weight excluding hydrogens is 188 g/mol. The van der Waals surface area contributed by atoms with Crippen molar-refractivity contribution in [3.05, 3.63) is 0 Å². The number of ether oxygens (including phenoxy) is 1. The Morgan fingerprint density at radius 3 is 2.43 bits per heavy atom. The summed E-state index contributed by atoms with van der Waals surface area (Å²) < 4.78 is 4.18. The van der Waals surface area contributed by atoms with Crippen LogP contribution in [0.2, 0.25) is 0 Å². The van der Waals surface area contributed by atoms with Crippen molar-refractivity contribution >= 4 is 17.8 Å². The molecule has 0 aromatic carbocycles. The second-order valence-corrected chi connectivity index (χ2v) is 2.67. The lowest BCUT2D eigenvalue weighted by Gasteiger charge is -2.02. The van der Waals surface area contributed by atoms with Crippen molar-refractivity contribution in [2.75, 3.05) is 13.7 Å². The van der Waals surface area contributed by atoms with Gasteiger partial charge >= 0.3 is 11.9 Å². The number of carbonyl (C=O) groups excluding carboxylic acids is 3. The molecule has 0 aliphatic carbocycles. The van der Waals surface area contributed by atoms with Crippen LogP contribution in [-0.4, -0.2) is 31.4 Å². The normalized spacial score (nSPS) is 9.21. The van der Waals surface area contributed by atoms with Crippen LogP contribution in [0.5, 0.6) is 0 Å². The van der Waals surface area contributed by atoms with Gasteiger partial charge in [-0.3, -0.25) is 9.59 Å². The van der Waals surface area contributed by atoms with E-state index in [9.17, 15) is 14.4 Å². The van der Waals surface area contributed by atoms with E-state index in [0.29, 0.717) is 19.4 Å². The summed E-state index contributed by atoms with van der Waals surface area (Å²) in [4.78, 5) is 31.7. The summed E-state index contributed by atoms with van der Waals surface area (Å²) in [5, 5.41) is 2.34. The number of rotatable bonds is 5. The van der Waals surface area contributed by atoms with Gasteiger partial charge < -0.3 is 15.8 Å². The van der Waals surface area contributed by atoms with Crippen LogP contribution in [-0.2, 0) is 19.1 Å². The number of primary amides is 1. The van der Waals surface area contributed by atoms with Crippen LogP contribution >= 0.6 is 0 Å². The molecule has 0 radical (unpaired) electrons. The quantitative estimate of drug-likeness (QED) is 0.337. The summed E-state index contributed by atoms with van der Waals surface area (Å²) in [5.41, 5.74) is 4.90. The summed E-state index contributed by atoms with van der Waals surface area (Å²) in [6.07, 6.45) is 1.48. The molecule has 3 N–H and O–H groups in total. The average molecular weight is 202 g/mol. The number of hydrogen-bond acceptors (Lipinski definition) is 4. The molecular formula is C8H14N2O4. The van der Waals surface area contributed by atoms with Crippen molar-refractivity contribution in [3.8, 4) is 0 Å². The Hall–Kier alpha value is -1.59. The molecule has 0 bridgehead atoms. The summed E-state index contributed by atoms with van der Waals surface area (Å²) in [5.74, 6) is -2.06. The third-order valence-electron chi connectivity index (χ3n) is 1.51. The van der Waals surface area contributed by atoms with E-state index in [1.54, 1.807) is 0 Å². The van der Waals surface area contributed by atoms with E-state index in [-0.39, 0.29) is 12.3 Å². The number of methoxy groups -OCH3 is 1. The molecule has 0 atom stereocenters. The van der Waals surface area contributed by atoms with Gasteiger partial charge in [0, 0.05) is 13.0 Å². The predicted octanol–water partition coefficient (Wildman–Crippen LogP) is -1.07. The molecule has 0 rings (SSSR count). The van der Waals surface area contributed by atoms with Gasteiger partial charge in [-0.25, -0.2) is 4.79 Å². The lowest BCUT2D eigenvalue weighted by Crippen LogP contribution is -2.32. The second kappa shape index (κ2) is 6.88. The highest BCUT2D eigenvalue weighted by Gasteiger charge is 2.11. The van der Waals surface area contributed by atoms with Crippen LogP contribution < -0.4 is 11.1 Å². The molecule has 14 heavy (non-hydrogen) atoms. The molecule has 0 aromatic rings. The maximum absolute atomic E-state index is 10.8. The highest BCUT2D eigenvalue weighted by molar-refractivity contribution is 6.32. The third kappa shape index (κ3) is 5.99. The smallest absolute Gasteiger partial charge is 0.396 e. The first-order valence-corrected chi connectivity index (χ1v) is 4.22. The fraction of sp³-hybridized carbons (Fsp3) is 0.625. The van der Waals surface area contributed by atoms with Gasteiger partial charge in [-0.15, -0.1) is 0 Å². The van der Waals surface area contributed by atoms with E-state index in [0.717, 1.165) is 7.11 Å². The molecule has 2 amide bonds. The van der Waals surface area contributed by atoms with Crippen LogP contribution in [0.1, 0.15) is 19.3 Å². The standard InChI is InChI=1S/C8H14N2O4/c1-14-8(13)7(12)10-5-3-2-4-6(9)11/h2-5H2,1H3,(H2,9,11)(H,10,12). The van der Waals surface area contributed by atoms with Crippen LogP contribution in [0, 0.1) is 0 Å². The lowest BCUT2D eigenvalue weighted by atomic mass is 10.2. The van der Waals surface area contributed by atoms with Crippen molar-refractivity contribution in [2.45, 2.75) is 19.3 Å². The molecule has 0 spiro atoms. The van der Waals surface area contributed by atoms with E-state index in [4.69, 9.17) is 5.73 Å². The Kier molecular flexibility index (Phi) is 6.09. The Bertz CT molecular complexity index is 227. The van der Waals surface area contributed by atoms with Crippen molar-refractivity contribution in [1.29, 1.82) is 0 Å². The Morgan fingerprint density at radius 1 is 1.29 bits per heavy atom. The first kappa shape index (κ1) is 12.4. The summed E-state index contributed by atoms with van der Waals surface area (Å²) in [6.45, 7) is 0.335. The van der Waals surface area contributed by atoms with Crippen molar-refractivity contribution < 1.29 is 19.1 Å². The van der Waals surface area contributed by atoms with E-state index >= 15 is 0 Å². The van der Waals surface area contributed by atoms with Crippen LogP contribution in [0.4, 0.5) is 0 Å². The zero-order valence-corrected chi connectivity index (χ0v) is 8.04. The maximum Gasteiger partial charge on any atom is 0.396 e. The van der Waals surface area contributed by atoms with E-state index in [1.165, 1.54) is 0 Å². The van der Waals surface area contributed by atoms with E-state index in [1.807, 2.05) is 0 Å². The molecule has 0 saturated heterocycles. The monoisotopic (exact) mass is 202 g/mol. The number of amides is 2. The SMILES string of the molecule is COC(=O)C(=O)NCCCCC(N)=O. The first-order chi connectivity index (χ1) is 6.57. The van der Waals surface area contributed by atoms with Gasteiger partial charge in [0.15, 0.2) is 0 Å². The minimum absolute atomic E-state index is 0.286. The van der Waals surface area contributed by atoms with Gasteiger partial charge in [0.2, 0.25) is 5.91 Å². The van der Waals surface area contributed by atoms with Crippen LogP contribution in [0.25, 0.3) is 0 Å². The fourth-order valence-corrected chi connectivity index (χ4v) is 0.791. The molecule has 0 saturated carbocycles. The Balaban J connectivity index is 3.41. The van der Waals surface area contributed by atoms with Crippen molar-refractivity contribution in [1.82, 2.24) is 5.32 Å². The summed E-state index contributed by atoms with van der Waals surface area (Å²) >= 11 is 0. The largest absolute Gasteiger partial charge is 0.462 e. The maximum atomic E-state index is 10.8. The van der Waals surface area contributed by atoms with Crippen LogP contribution in [0.15, 0.2) is 0 Å². The van der Waals surface area contributed by atoms with Crippen molar-refractivity contribution in [2.24, 2.45) is 5.73 Å². The van der Waals surface area contributed by atoms with Gasteiger partial charge in [-0.05, 0) is 12.8 Å². The minimum atomic E-state index is -0.917. The average Bonchev–Trinajstić information content (AvgIpc) is 2.15. The molecule has 0 aromatic heterocycles. The highest BCUT2D eigenvalue weighted by atomic mass is 16.5. The lowest BCUT2D eigenvalue weighted by molar-refractivity contribution is -0.152. The minimum Gasteiger partial charge on any atom is -0.462 e. The number of hydrogen-bond donors (Lipinski definition) is 2. The molecule has 0 unspecified atom stereocenters. The van der Waals surface area contributed by atoms with Gasteiger partial charge in [0.05, 0.1) is 7.11 Å². The van der Waals surface area contributed by atoms with Gasteiger partial charge in [0.25, 0.3) is 0 Å². The highest BCUT2D eigenvalue weighted by Crippen LogP contribution is 1.92. The molecule has 80 valence electrons. The predicted molar refractivity (Wildman–Crippen MR) is 48.1 cm³/mol. The molecule has 0 heterocycles. The van der Waals surface area contributed by atoms with E-state index < -0.39 is 11.9 Å². The van der Waals surface area contributed by atoms with Gasteiger partial charge in [0.1, 0.15) is 0 Å². The molecule has 0 aliphatic heterocycles. The summed E-state index contributed by atoms with van der Waals surface area (Å²) in [6, 6.07) is 0. The zero-order chi connectivity index (χ0) is 11.0. The van der Waals surface area contributed by atoms with Crippen LogP contribution in [0.3, 0.4) is 0 Å². The molecule has 0 aliphatic rings. The van der Waals surface area contributed by atoms with E-state index in [2.05, 4.69) is 10.1 Å². The van der Waals surface area contributed by atoms with Crippen molar-refractivity contribution in [3.63, 3.8) is 0 Å². The Morgan fingerprint density at radius 2 is 1.93 bits per heavy atom.